The van der Waals surface area contributed by atoms with E-state index in [9.17, 15) is 37.2 Å². The number of ether oxygens (including phenoxy) is 3. The van der Waals surface area contributed by atoms with Crippen molar-refractivity contribution in [1.29, 1.82) is 0 Å². The van der Waals surface area contributed by atoms with E-state index in [-0.39, 0.29) is 59.9 Å². The van der Waals surface area contributed by atoms with Gasteiger partial charge in [0.25, 0.3) is 0 Å². The highest BCUT2D eigenvalue weighted by Crippen LogP contribution is 2.43. The van der Waals surface area contributed by atoms with Gasteiger partial charge in [0, 0.05) is 37.4 Å². The summed E-state index contributed by atoms with van der Waals surface area (Å²) in [5.41, 5.74) is -1.32. The number of alkyl carbamates (subject to hydrolysis) is 2. The predicted molar refractivity (Wildman–Crippen MR) is 209 cm³/mol. The number of benzene rings is 2. The molecule has 57 heavy (non-hydrogen) atoms. The van der Waals surface area contributed by atoms with Crippen LogP contribution in [0.15, 0.2) is 64.5 Å². The smallest absolute Gasteiger partial charge is 0.414 e. The molecule has 3 amide bonds. The lowest BCUT2D eigenvalue weighted by Crippen LogP contribution is -2.60. The van der Waals surface area contributed by atoms with Gasteiger partial charge in [-0.1, -0.05) is 30.3 Å². The third kappa shape index (κ3) is 12.9. The number of nitrogens with one attached hydrogen (secondary N) is 3. The maximum absolute atomic E-state index is 13.9. The highest BCUT2D eigenvalue weighted by atomic mass is 32.2. The van der Waals surface area contributed by atoms with Crippen molar-refractivity contribution in [2.45, 2.75) is 115 Å². The summed E-state index contributed by atoms with van der Waals surface area (Å²) in [4.78, 5) is 82.1. The normalized spacial score (nSPS) is 18.7. The molecule has 2 bridgehead atoms. The Hall–Kier alpha value is -5.16. The number of carbonyl (C=O) groups excluding carboxylic acids is 6. The van der Waals surface area contributed by atoms with E-state index in [1.54, 1.807) is 59.7 Å². The fraction of sp³-hybridized carbons (Fsp3) is 0.525. The average Bonchev–Trinajstić information content (AvgIpc) is 3.13. The van der Waals surface area contributed by atoms with Crippen molar-refractivity contribution < 1.29 is 51.4 Å². The highest BCUT2D eigenvalue weighted by Gasteiger charge is 2.51. The monoisotopic (exact) mass is 811 g/mol. The molecule has 1 saturated carbocycles. The first kappa shape index (κ1) is 44.6. The van der Waals surface area contributed by atoms with E-state index >= 15 is 0 Å². The second-order valence-electron chi connectivity index (χ2n) is 16.0. The van der Waals surface area contributed by atoms with Gasteiger partial charge in [-0.05, 0) is 97.4 Å². The molecule has 0 radical (unpaired) electrons. The molecule has 2 aromatic carbocycles. The van der Waals surface area contributed by atoms with Crippen LogP contribution in [-0.4, -0.2) is 91.3 Å². The van der Waals surface area contributed by atoms with E-state index in [0.717, 1.165) is 7.11 Å². The minimum absolute atomic E-state index is 0.0938. The standard InChI is InChI=1S/C40H53N5O11S/c1-39(2,3)55-37(50)43-36(44-38(51)56-40(4,5)6)42-28-13-11-12-26(22-28)31(46)20-21-33(48)41-24-27(35(49)54-7)23-32(47)34-25-16-18-29(19-17-25)45(34)57(52,53)30-14-9-8-10-15-30/h8-15,22,25,27,29,34H,16-21,23-24H2,1-7H3,(H,41,48)(H2,42,43,44,50,51)/t25?,27-,29?,34?/m0/s1. The molecule has 0 aromatic heterocycles. The molecule has 2 saturated heterocycles. The zero-order valence-corrected chi connectivity index (χ0v) is 34.3. The van der Waals surface area contributed by atoms with Crippen molar-refractivity contribution in [1.82, 2.24) is 20.3 Å². The lowest BCUT2D eigenvalue weighted by molar-refractivity contribution is -0.148. The first-order valence-electron chi connectivity index (χ1n) is 18.8. The first-order valence-corrected chi connectivity index (χ1v) is 20.3. The van der Waals surface area contributed by atoms with Crippen LogP contribution in [0.1, 0.15) is 96.8 Å². The average molecular weight is 812 g/mol. The van der Waals surface area contributed by atoms with E-state index in [2.05, 4.69) is 20.9 Å². The number of sulfonamides is 1. The molecule has 2 atom stereocenters. The van der Waals surface area contributed by atoms with E-state index in [1.165, 1.54) is 40.7 Å². The lowest BCUT2D eigenvalue weighted by Gasteiger charge is -2.49. The largest absolute Gasteiger partial charge is 0.469 e. The Bertz CT molecular complexity index is 1910. The van der Waals surface area contributed by atoms with Crippen LogP contribution < -0.4 is 16.0 Å². The van der Waals surface area contributed by atoms with Gasteiger partial charge in [0.05, 0.1) is 29.7 Å². The summed E-state index contributed by atoms with van der Waals surface area (Å²) in [7, 11) is -2.84. The third-order valence-corrected chi connectivity index (χ3v) is 11.2. The Morgan fingerprint density at radius 1 is 0.825 bits per heavy atom. The van der Waals surface area contributed by atoms with Crippen LogP contribution in [0.2, 0.25) is 0 Å². The van der Waals surface area contributed by atoms with Gasteiger partial charge in [-0.15, -0.1) is 0 Å². The van der Waals surface area contributed by atoms with Crippen LogP contribution in [-0.2, 0) is 38.6 Å². The van der Waals surface area contributed by atoms with Crippen LogP contribution in [0.3, 0.4) is 0 Å². The summed E-state index contributed by atoms with van der Waals surface area (Å²) in [6.45, 7) is 9.71. The summed E-state index contributed by atoms with van der Waals surface area (Å²) in [6, 6.07) is 12.7. The van der Waals surface area contributed by atoms with E-state index in [0.29, 0.717) is 25.7 Å². The quantitative estimate of drug-likeness (QED) is 0.0787. The van der Waals surface area contributed by atoms with Crippen molar-refractivity contribution in [3.8, 4) is 0 Å². The second kappa shape index (κ2) is 18.9. The predicted octanol–water partition coefficient (Wildman–Crippen LogP) is 5.18. The van der Waals surface area contributed by atoms with Gasteiger partial charge >= 0.3 is 18.2 Å². The van der Waals surface area contributed by atoms with E-state index in [4.69, 9.17) is 14.2 Å². The SMILES string of the molecule is COC(=O)[C@H](CNC(=O)CCC(=O)c1cccc(N=C(NC(=O)OC(C)(C)C)NC(=O)OC(C)(C)C)c1)CC(=O)C1C2CCC(CC2)N1S(=O)(=O)c1ccccc1. The molecule has 2 aromatic rings. The molecule has 17 heteroatoms. The number of hydrogen-bond donors (Lipinski definition) is 3. The van der Waals surface area contributed by atoms with Gasteiger partial charge in [0.1, 0.15) is 11.2 Å². The first-order chi connectivity index (χ1) is 26.7. The number of carbonyl (C=O) groups is 6. The van der Waals surface area contributed by atoms with Gasteiger partial charge in [0.2, 0.25) is 21.9 Å². The molecule has 3 fully saturated rings. The third-order valence-electron chi connectivity index (χ3n) is 9.23. The maximum atomic E-state index is 13.9. The molecule has 16 nitrogen and oxygen atoms in total. The lowest BCUT2D eigenvalue weighted by atomic mass is 9.74. The number of aliphatic imine (C=N–C) groups is 1. The number of nitrogens with zero attached hydrogens (tertiary/aromatic N) is 2. The highest BCUT2D eigenvalue weighted by molar-refractivity contribution is 7.89. The molecule has 0 spiro atoms. The van der Waals surface area contributed by atoms with Crippen molar-refractivity contribution in [3.63, 3.8) is 0 Å². The number of rotatable bonds is 13. The number of amides is 3. The number of hydrogen-bond acceptors (Lipinski definition) is 12. The summed E-state index contributed by atoms with van der Waals surface area (Å²) in [6.07, 6.45) is 0.0568. The van der Waals surface area contributed by atoms with Crippen LogP contribution in [0.4, 0.5) is 15.3 Å². The fourth-order valence-electron chi connectivity index (χ4n) is 6.80. The minimum Gasteiger partial charge on any atom is -0.469 e. The van der Waals surface area contributed by atoms with Gasteiger partial charge in [-0.25, -0.2) is 23.0 Å². The molecule has 1 unspecified atom stereocenters. The topological polar surface area (TPSA) is 216 Å². The number of methoxy groups -OCH3 is 1. The van der Waals surface area contributed by atoms with Gasteiger partial charge in [-0.3, -0.25) is 29.8 Å². The van der Waals surface area contributed by atoms with E-state index < -0.39 is 68.8 Å². The van der Waals surface area contributed by atoms with Crippen molar-refractivity contribution in [3.05, 3.63) is 60.2 Å². The van der Waals surface area contributed by atoms with Gasteiger partial charge < -0.3 is 19.5 Å². The Morgan fingerprint density at radius 2 is 1.42 bits per heavy atom. The summed E-state index contributed by atoms with van der Waals surface area (Å²) in [5, 5.41) is 7.36. The van der Waals surface area contributed by atoms with Crippen LogP contribution in [0.5, 0.6) is 0 Å². The Balaban J connectivity index is 1.39. The maximum Gasteiger partial charge on any atom is 0.414 e. The molecule has 1 aliphatic carbocycles. The molecule has 2 aliphatic heterocycles. The molecule has 310 valence electrons. The summed E-state index contributed by atoms with van der Waals surface area (Å²) >= 11 is 0. The zero-order valence-electron chi connectivity index (χ0n) is 33.5. The summed E-state index contributed by atoms with van der Waals surface area (Å²) in [5.74, 6) is -3.74. The Kier molecular flexibility index (Phi) is 14.7. The number of ketones is 2. The summed E-state index contributed by atoms with van der Waals surface area (Å²) < 4.78 is 44.4. The number of guanidine groups is 1. The molecule has 3 N–H and O–H groups in total. The molecule has 5 rings (SSSR count). The second-order valence-corrected chi connectivity index (χ2v) is 17.9. The van der Waals surface area contributed by atoms with Gasteiger partial charge in [0.15, 0.2) is 11.6 Å². The van der Waals surface area contributed by atoms with Crippen LogP contribution in [0.25, 0.3) is 0 Å². The Labute approximate surface area is 333 Å². The zero-order chi connectivity index (χ0) is 42.1. The molecule has 3 aliphatic rings. The number of Topliss-reactive ketones (excluding diaryl/α,β-unsaturated/α-hetero) is 2. The molecule has 2 heterocycles. The van der Waals surface area contributed by atoms with Crippen molar-refractivity contribution in [2.75, 3.05) is 13.7 Å². The van der Waals surface area contributed by atoms with Crippen LogP contribution >= 0.6 is 0 Å². The van der Waals surface area contributed by atoms with Crippen LogP contribution in [0, 0.1) is 11.8 Å². The van der Waals surface area contributed by atoms with Gasteiger partial charge in [-0.2, -0.15) is 4.31 Å². The molecular formula is C40H53N5O11S. The van der Waals surface area contributed by atoms with E-state index in [1.807, 2.05) is 0 Å². The van der Waals surface area contributed by atoms with Crippen molar-refractivity contribution in [2.24, 2.45) is 16.8 Å². The fourth-order valence-corrected chi connectivity index (χ4v) is 8.74. The number of piperidine rings is 2. The minimum atomic E-state index is -4.00. The molecular weight excluding hydrogens is 759 g/mol. The number of esters is 1. The van der Waals surface area contributed by atoms with Crippen molar-refractivity contribution >= 4 is 57.3 Å². The number of fused-ring (bicyclic) bond motifs is 3. The Morgan fingerprint density at radius 3 is 1.98 bits per heavy atom.